The summed E-state index contributed by atoms with van der Waals surface area (Å²) in [6.45, 7) is 3.30. The van der Waals surface area contributed by atoms with Crippen molar-refractivity contribution in [1.82, 2.24) is 4.31 Å². The third-order valence-electron chi connectivity index (χ3n) is 3.57. The van der Waals surface area contributed by atoms with Gasteiger partial charge in [-0.1, -0.05) is 29.3 Å². The Morgan fingerprint density at radius 3 is 2.79 bits per heavy atom. The average Bonchev–Trinajstić information content (AvgIpc) is 2.88. The third-order valence-corrected chi connectivity index (χ3v) is 5.95. The summed E-state index contributed by atoms with van der Waals surface area (Å²) < 4.78 is 32.8. The van der Waals surface area contributed by atoms with E-state index in [2.05, 4.69) is 22.9 Å². The highest BCUT2D eigenvalue weighted by Crippen LogP contribution is 2.32. The Balaban J connectivity index is 2.37. The molecule has 1 unspecified atom stereocenters. The van der Waals surface area contributed by atoms with Crippen molar-refractivity contribution in [1.29, 1.82) is 0 Å². The first kappa shape index (κ1) is 14.8. The highest BCUT2D eigenvalue weighted by molar-refractivity contribution is 9.10. The summed E-state index contributed by atoms with van der Waals surface area (Å²) in [5.41, 5.74) is 0. The van der Waals surface area contributed by atoms with Gasteiger partial charge in [-0.2, -0.15) is 4.31 Å². The molecule has 1 aromatic rings. The normalized spacial score (nSPS) is 20.7. The molecule has 0 N–H and O–H groups in total. The van der Waals surface area contributed by atoms with E-state index in [1.54, 1.807) is 22.5 Å². The van der Waals surface area contributed by atoms with E-state index in [0.29, 0.717) is 24.8 Å². The first-order valence-corrected chi connectivity index (χ1v) is 8.56. The number of rotatable bonds is 4. The van der Waals surface area contributed by atoms with Crippen LogP contribution in [0.3, 0.4) is 0 Å². The number of nitrogens with zero attached hydrogens (tertiary/aromatic N) is 1. The molecule has 1 aliphatic heterocycles. The quantitative estimate of drug-likeness (QED) is 0.841. The van der Waals surface area contributed by atoms with E-state index >= 15 is 0 Å². The Morgan fingerprint density at radius 2 is 2.21 bits per heavy atom. The van der Waals surface area contributed by atoms with Crippen LogP contribution in [0, 0.1) is 5.92 Å². The van der Waals surface area contributed by atoms with Crippen LogP contribution in [0.15, 0.2) is 27.6 Å². The standard InChI is InChI=1S/C13H18BrNO3S/c1-3-10-6-7-15(9-10)19(16,17)13-8-11(14)4-5-12(13)18-2/h4-5,8,10H,3,6-7,9H2,1-2H3. The van der Waals surface area contributed by atoms with Gasteiger partial charge in [0.15, 0.2) is 0 Å². The van der Waals surface area contributed by atoms with Crippen LogP contribution in [0.4, 0.5) is 0 Å². The minimum atomic E-state index is -3.47. The van der Waals surface area contributed by atoms with Crippen molar-refractivity contribution in [3.8, 4) is 5.75 Å². The lowest BCUT2D eigenvalue weighted by Gasteiger charge is -2.18. The maximum absolute atomic E-state index is 12.7. The summed E-state index contributed by atoms with van der Waals surface area (Å²) >= 11 is 3.31. The van der Waals surface area contributed by atoms with Gasteiger partial charge in [-0.3, -0.25) is 0 Å². The monoisotopic (exact) mass is 347 g/mol. The molecule has 19 heavy (non-hydrogen) atoms. The molecule has 1 aromatic carbocycles. The molecule has 1 aliphatic rings. The first-order valence-electron chi connectivity index (χ1n) is 6.32. The Labute approximate surface area is 122 Å². The molecular weight excluding hydrogens is 330 g/mol. The van der Waals surface area contributed by atoms with Crippen molar-refractivity contribution in [3.05, 3.63) is 22.7 Å². The van der Waals surface area contributed by atoms with E-state index in [-0.39, 0.29) is 4.90 Å². The van der Waals surface area contributed by atoms with Crippen LogP contribution in [0.25, 0.3) is 0 Å². The van der Waals surface area contributed by atoms with Crippen LogP contribution in [0.5, 0.6) is 5.75 Å². The van der Waals surface area contributed by atoms with Gasteiger partial charge in [0.1, 0.15) is 10.6 Å². The van der Waals surface area contributed by atoms with Gasteiger partial charge in [0.25, 0.3) is 0 Å². The predicted molar refractivity (Wildman–Crippen MR) is 77.9 cm³/mol. The molecule has 0 radical (unpaired) electrons. The Hall–Kier alpha value is -0.590. The summed E-state index contributed by atoms with van der Waals surface area (Å²) in [6.07, 6.45) is 1.95. The Bertz CT molecular complexity index is 559. The molecule has 0 amide bonds. The highest BCUT2D eigenvalue weighted by Gasteiger charge is 2.33. The summed E-state index contributed by atoms with van der Waals surface area (Å²) in [5.74, 6) is 0.857. The topological polar surface area (TPSA) is 46.6 Å². The summed E-state index contributed by atoms with van der Waals surface area (Å²) in [6, 6.07) is 5.05. The van der Waals surface area contributed by atoms with Crippen molar-refractivity contribution in [2.45, 2.75) is 24.7 Å². The number of hydrogen-bond acceptors (Lipinski definition) is 3. The lowest BCUT2D eigenvalue weighted by atomic mass is 10.1. The summed E-state index contributed by atoms with van der Waals surface area (Å²) in [7, 11) is -1.98. The molecule has 1 atom stereocenters. The van der Waals surface area contributed by atoms with E-state index in [4.69, 9.17) is 4.74 Å². The van der Waals surface area contributed by atoms with Crippen LogP contribution in [0.2, 0.25) is 0 Å². The number of benzene rings is 1. The summed E-state index contributed by atoms with van der Waals surface area (Å²) in [4.78, 5) is 0.237. The van der Waals surface area contributed by atoms with Gasteiger partial charge in [0.2, 0.25) is 10.0 Å². The fourth-order valence-corrected chi connectivity index (χ4v) is 4.56. The maximum Gasteiger partial charge on any atom is 0.246 e. The lowest BCUT2D eigenvalue weighted by Crippen LogP contribution is -2.29. The molecule has 1 saturated heterocycles. The van der Waals surface area contributed by atoms with E-state index in [9.17, 15) is 8.42 Å². The van der Waals surface area contributed by atoms with Crippen LogP contribution in [0.1, 0.15) is 19.8 Å². The molecule has 4 nitrogen and oxygen atoms in total. The number of ether oxygens (including phenoxy) is 1. The smallest absolute Gasteiger partial charge is 0.246 e. The zero-order valence-corrected chi connectivity index (χ0v) is 13.5. The van der Waals surface area contributed by atoms with Gasteiger partial charge < -0.3 is 4.74 Å². The minimum absolute atomic E-state index is 0.237. The molecule has 0 aromatic heterocycles. The zero-order valence-electron chi connectivity index (χ0n) is 11.1. The van der Waals surface area contributed by atoms with Gasteiger partial charge in [0.05, 0.1) is 7.11 Å². The van der Waals surface area contributed by atoms with E-state index < -0.39 is 10.0 Å². The average molecular weight is 348 g/mol. The Morgan fingerprint density at radius 1 is 1.47 bits per heavy atom. The molecule has 0 saturated carbocycles. The van der Waals surface area contributed by atoms with Crippen LogP contribution >= 0.6 is 15.9 Å². The Kier molecular flexibility index (Phi) is 4.53. The largest absolute Gasteiger partial charge is 0.495 e. The van der Waals surface area contributed by atoms with Gasteiger partial charge in [-0.25, -0.2) is 8.42 Å². The van der Waals surface area contributed by atoms with E-state index in [1.807, 2.05) is 0 Å². The highest BCUT2D eigenvalue weighted by atomic mass is 79.9. The fourth-order valence-electron chi connectivity index (χ4n) is 2.34. The van der Waals surface area contributed by atoms with Crippen LogP contribution in [-0.2, 0) is 10.0 Å². The van der Waals surface area contributed by atoms with E-state index in [1.165, 1.54) is 7.11 Å². The minimum Gasteiger partial charge on any atom is -0.495 e. The molecule has 0 bridgehead atoms. The van der Waals surface area contributed by atoms with Gasteiger partial charge in [-0.05, 0) is 30.5 Å². The van der Waals surface area contributed by atoms with Crippen molar-refractivity contribution < 1.29 is 13.2 Å². The molecule has 0 aliphatic carbocycles. The molecule has 6 heteroatoms. The lowest BCUT2D eigenvalue weighted by molar-refractivity contribution is 0.397. The van der Waals surface area contributed by atoms with Crippen molar-refractivity contribution in [2.24, 2.45) is 5.92 Å². The van der Waals surface area contributed by atoms with Crippen molar-refractivity contribution in [2.75, 3.05) is 20.2 Å². The number of sulfonamides is 1. The van der Waals surface area contributed by atoms with E-state index in [0.717, 1.165) is 17.3 Å². The van der Waals surface area contributed by atoms with Gasteiger partial charge >= 0.3 is 0 Å². The third kappa shape index (κ3) is 2.95. The van der Waals surface area contributed by atoms with Gasteiger partial charge in [-0.15, -0.1) is 0 Å². The van der Waals surface area contributed by atoms with Crippen molar-refractivity contribution in [3.63, 3.8) is 0 Å². The van der Waals surface area contributed by atoms with Crippen molar-refractivity contribution >= 4 is 26.0 Å². The second-order valence-electron chi connectivity index (χ2n) is 4.72. The molecule has 1 heterocycles. The second kappa shape index (κ2) is 5.81. The van der Waals surface area contributed by atoms with Crippen LogP contribution < -0.4 is 4.74 Å². The number of methoxy groups -OCH3 is 1. The molecule has 106 valence electrons. The molecule has 0 spiro atoms. The van der Waals surface area contributed by atoms with Crippen LogP contribution in [-0.4, -0.2) is 32.9 Å². The molecule has 1 fully saturated rings. The maximum atomic E-state index is 12.7. The second-order valence-corrected chi connectivity index (χ2v) is 7.54. The predicted octanol–water partition coefficient (Wildman–Crippen LogP) is 2.88. The fraction of sp³-hybridized carbons (Fsp3) is 0.538. The molecular formula is C13H18BrNO3S. The SMILES string of the molecule is CCC1CCN(S(=O)(=O)c2cc(Br)ccc2OC)C1. The number of hydrogen-bond donors (Lipinski definition) is 0. The first-order chi connectivity index (χ1) is 8.98. The van der Waals surface area contributed by atoms with Gasteiger partial charge in [0, 0.05) is 17.6 Å². The summed E-state index contributed by atoms with van der Waals surface area (Å²) in [5, 5.41) is 0. The zero-order chi connectivity index (χ0) is 14.0. The number of halogens is 1. The molecule has 2 rings (SSSR count).